The normalized spacial score (nSPS) is 13.6. The van der Waals surface area contributed by atoms with E-state index in [4.69, 9.17) is 0 Å². The Kier molecular flexibility index (Phi) is 7.22. The van der Waals surface area contributed by atoms with E-state index in [9.17, 15) is 9.59 Å². The van der Waals surface area contributed by atoms with Gasteiger partial charge in [0.05, 0.1) is 12.0 Å². The average molecular weight is 479 g/mol. The molecule has 6 heteroatoms. The average Bonchev–Trinajstić information content (AvgIpc) is 2.94. The van der Waals surface area contributed by atoms with Crippen LogP contribution in [0.1, 0.15) is 21.5 Å². The molecule has 36 heavy (non-hydrogen) atoms. The topological polar surface area (TPSA) is 65.5 Å². The number of fused-ring (bicyclic) bond motifs is 1. The number of piperazine rings is 1. The van der Waals surface area contributed by atoms with Crippen LogP contribution in [0.5, 0.6) is 0 Å². The Morgan fingerprint density at radius 1 is 0.778 bits per heavy atom. The van der Waals surface area contributed by atoms with Crippen LogP contribution in [0.15, 0.2) is 91.1 Å². The fraction of sp³-hybridized carbons (Fsp3) is 0.233. The maximum absolute atomic E-state index is 12.9. The van der Waals surface area contributed by atoms with E-state index in [0.29, 0.717) is 31.6 Å². The summed E-state index contributed by atoms with van der Waals surface area (Å²) in [5, 5.41) is 5.30. The molecule has 182 valence electrons. The molecule has 0 unspecified atom stereocenters. The third kappa shape index (κ3) is 5.71. The number of amides is 2. The van der Waals surface area contributed by atoms with Crippen LogP contribution < -0.4 is 10.2 Å². The highest BCUT2D eigenvalue weighted by molar-refractivity contribution is 5.94. The lowest BCUT2D eigenvalue weighted by molar-refractivity contribution is -0.130. The number of carbonyl (C=O) groups is 2. The first-order chi connectivity index (χ1) is 17.7. The third-order valence-corrected chi connectivity index (χ3v) is 6.68. The van der Waals surface area contributed by atoms with Crippen molar-refractivity contribution in [3.05, 3.63) is 108 Å². The van der Waals surface area contributed by atoms with E-state index >= 15 is 0 Å². The zero-order valence-corrected chi connectivity index (χ0v) is 20.3. The van der Waals surface area contributed by atoms with Crippen LogP contribution in [0, 0.1) is 0 Å². The van der Waals surface area contributed by atoms with Gasteiger partial charge in [0.2, 0.25) is 5.91 Å². The zero-order chi connectivity index (χ0) is 24.7. The molecule has 2 heterocycles. The molecule has 0 aliphatic carbocycles. The minimum absolute atomic E-state index is 0.117. The van der Waals surface area contributed by atoms with Gasteiger partial charge in [-0.1, -0.05) is 72.8 Å². The van der Waals surface area contributed by atoms with Crippen LogP contribution in [0.4, 0.5) is 5.82 Å². The number of benzene rings is 3. The van der Waals surface area contributed by atoms with E-state index in [-0.39, 0.29) is 11.8 Å². The predicted octanol–water partition coefficient (Wildman–Crippen LogP) is 4.10. The quantitative estimate of drug-likeness (QED) is 0.434. The van der Waals surface area contributed by atoms with Crippen molar-refractivity contribution in [2.24, 2.45) is 0 Å². The second kappa shape index (κ2) is 11.0. The Hall–Kier alpha value is -4.19. The van der Waals surface area contributed by atoms with E-state index in [0.717, 1.165) is 36.3 Å². The summed E-state index contributed by atoms with van der Waals surface area (Å²) in [7, 11) is 0. The van der Waals surface area contributed by atoms with Gasteiger partial charge in [0.25, 0.3) is 5.91 Å². The maximum atomic E-state index is 12.9. The number of pyridine rings is 1. The van der Waals surface area contributed by atoms with Gasteiger partial charge in [0, 0.05) is 38.9 Å². The summed E-state index contributed by atoms with van der Waals surface area (Å²) in [6, 6.07) is 28.2. The SMILES string of the molecule is O=C(NCCc1ccccc1)c1ccc(N2CCN(C(=O)Cc3ccc4ccccc4c3)CC2)nc1. The van der Waals surface area contributed by atoms with E-state index in [1.54, 1.807) is 6.20 Å². The summed E-state index contributed by atoms with van der Waals surface area (Å²) in [6.45, 7) is 3.35. The molecule has 0 saturated carbocycles. The molecule has 0 atom stereocenters. The Balaban J connectivity index is 1.10. The number of aromatic nitrogens is 1. The summed E-state index contributed by atoms with van der Waals surface area (Å²) in [5.74, 6) is 0.868. The van der Waals surface area contributed by atoms with Crippen LogP contribution in [-0.4, -0.2) is 54.4 Å². The largest absolute Gasteiger partial charge is 0.353 e. The molecule has 6 nitrogen and oxygen atoms in total. The number of hydrogen-bond donors (Lipinski definition) is 1. The third-order valence-electron chi connectivity index (χ3n) is 6.68. The summed E-state index contributed by atoms with van der Waals surface area (Å²) >= 11 is 0. The summed E-state index contributed by atoms with van der Waals surface area (Å²) in [5.41, 5.74) is 2.79. The summed E-state index contributed by atoms with van der Waals surface area (Å²) < 4.78 is 0. The van der Waals surface area contributed by atoms with Gasteiger partial charge in [-0.25, -0.2) is 4.98 Å². The van der Waals surface area contributed by atoms with Crippen molar-refractivity contribution in [2.75, 3.05) is 37.6 Å². The number of carbonyl (C=O) groups excluding carboxylic acids is 2. The van der Waals surface area contributed by atoms with Gasteiger partial charge < -0.3 is 15.1 Å². The molecule has 0 radical (unpaired) electrons. The molecule has 1 fully saturated rings. The van der Waals surface area contributed by atoms with Crippen LogP contribution in [0.25, 0.3) is 10.8 Å². The van der Waals surface area contributed by atoms with Gasteiger partial charge in [-0.05, 0) is 40.5 Å². The molecule has 4 aromatic rings. The predicted molar refractivity (Wildman–Crippen MR) is 143 cm³/mol. The lowest BCUT2D eigenvalue weighted by Crippen LogP contribution is -2.49. The molecule has 0 spiro atoms. The second-order valence-corrected chi connectivity index (χ2v) is 9.12. The lowest BCUT2D eigenvalue weighted by atomic mass is 10.0. The second-order valence-electron chi connectivity index (χ2n) is 9.12. The van der Waals surface area contributed by atoms with E-state index < -0.39 is 0 Å². The molecule has 1 N–H and O–H groups in total. The number of hydrogen-bond acceptors (Lipinski definition) is 4. The van der Waals surface area contributed by atoms with Crippen molar-refractivity contribution < 1.29 is 9.59 Å². The highest BCUT2D eigenvalue weighted by Gasteiger charge is 2.22. The summed E-state index contributed by atoms with van der Waals surface area (Å²) in [6.07, 6.45) is 2.84. The number of nitrogens with zero attached hydrogens (tertiary/aromatic N) is 3. The molecular weight excluding hydrogens is 448 g/mol. The smallest absolute Gasteiger partial charge is 0.252 e. The molecule has 1 aliphatic rings. The Morgan fingerprint density at radius 3 is 2.28 bits per heavy atom. The van der Waals surface area contributed by atoms with Crippen molar-refractivity contribution >= 4 is 28.4 Å². The van der Waals surface area contributed by atoms with Crippen molar-refractivity contribution in [2.45, 2.75) is 12.8 Å². The van der Waals surface area contributed by atoms with Crippen molar-refractivity contribution in [3.63, 3.8) is 0 Å². The zero-order valence-electron chi connectivity index (χ0n) is 20.3. The number of anilines is 1. The molecule has 1 saturated heterocycles. The molecule has 1 aromatic heterocycles. The van der Waals surface area contributed by atoms with E-state index in [1.807, 2.05) is 53.4 Å². The van der Waals surface area contributed by atoms with Crippen molar-refractivity contribution in [1.82, 2.24) is 15.2 Å². The van der Waals surface area contributed by atoms with E-state index in [1.165, 1.54) is 10.9 Å². The van der Waals surface area contributed by atoms with Crippen molar-refractivity contribution in [3.8, 4) is 0 Å². The van der Waals surface area contributed by atoms with Gasteiger partial charge in [-0.15, -0.1) is 0 Å². The first-order valence-electron chi connectivity index (χ1n) is 12.4. The minimum atomic E-state index is -0.117. The monoisotopic (exact) mass is 478 g/mol. The van der Waals surface area contributed by atoms with Crippen LogP contribution in [0.2, 0.25) is 0 Å². The minimum Gasteiger partial charge on any atom is -0.353 e. The molecule has 1 aliphatic heterocycles. The van der Waals surface area contributed by atoms with Crippen LogP contribution in [-0.2, 0) is 17.6 Å². The van der Waals surface area contributed by atoms with Crippen LogP contribution in [0.3, 0.4) is 0 Å². The van der Waals surface area contributed by atoms with Crippen LogP contribution >= 0.6 is 0 Å². The molecule has 5 rings (SSSR count). The van der Waals surface area contributed by atoms with Gasteiger partial charge in [0.1, 0.15) is 5.82 Å². The lowest BCUT2D eigenvalue weighted by Gasteiger charge is -2.35. The number of nitrogens with one attached hydrogen (secondary N) is 1. The molecule has 3 aromatic carbocycles. The fourth-order valence-corrected chi connectivity index (χ4v) is 4.59. The highest BCUT2D eigenvalue weighted by atomic mass is 16.2. The molecular formula is C30H30N4O2. The Bertz CT molecular complexity index is 1330. The first kappa shape index (κ1) is 23.5. The fourth-order valence-electron chi connectivity index (χ4n) is 4.59. The highest BCUT2D eigenvalue weighted by Crippen LogP contribution is 2.18. The molecule has 2 amide bonds. The Labute approximate surface area is 211 Å². The first-order valence-corrected chi connectivity index (χ1v) is 12.4. The standard InChI is InChI=1S/C30H30N4O2/c35-29(21-24-10-11-25-8-4-5-9-26(25)20-24)34-18-16-33(17-19-34)28-13-12-27(22-32-28)30(36)31-15-14-23-6-2-1-3-7-23/h1-13,20,22H,14-19,21H2,(H,31,36). The Morgan fingerprint density at radius 2 is 1.53 bits per heavy atom. The van der Waals surface area contributed by atoms with Gasteiger partial charge in [-0.2, -0.15) is 0 Å². The number of rotatable bonds is 7. The van der Waals surface area contributed by atoms with E-state index in [2.05, 4.69) is 51.6 Å². The summed E-state index contributed by atoms with van der Waals surface area (Å²) in [4.78, 5) is 34.0. The van der Waals surface area contributed by atoms with Crippen molar-refractivity contribution in [1.29, 1.82) is 0 Å². The van der Waals surface area contributed by atoms with Gasteiger partial charge in [0.15, 0.2) is 0 Å². The molecule has 0 bridgehead atoms. The van der Waals surface area contributed by atoms with Gasteiger partial charge >= 0.3 is 0 Å². The van der Waals surface area contributed by atoms with Gasteiger partial charge in [-0.3, -0.25) is 9.59 Å². The maximum Gasteiger partial charge on any atom is 0.252 e.